The Bertz CT molecular complexity index is 1420. The number of amides is 1. The van der Waals surface area contributed by atoms with Crippen LogP contribution in [0, 0.1) is 6.92 Å². The van der Waals surface area contributed by atoms with E-state index in [2.05, 4.69) is 10.3 Å². The van der Waals surface area contributed by atoms with E-state index in [0.717, 1.165) is 33.0 Å². The third-order valence-corrected chi connectivity index (χ3v) is 5.35. The molecule has 5 aromatic rings. The fraction of sp³-hybridized carbons (Fsp3) is 0.0400. The number of benzene rings is 4. The number of anilines is 1. The molecule has 0 aliphatic rings. The smallest absolute Gasteiger partial charge is 0.256 e. The van der Waals surface area contributed by atoms with Crippen LogP contribution >= 0.6 is 11.6 Å². The fourth-order valence-corrected chi connectivity index (χ4v) is 3.79. The van der Waals surface area contributed by atoms with Gasteiger partial charge in [0.25, 0.3) is 5.91 Å². The second-order valence-electron chi connectivity index (χ2n) is 7.17. The summed E-state index contributed by atoms with van der Waals surface area (Å²) in [4.78, 5) is 17.5. The number of nitrogens with zero attached hydrogens (tertiary/aromatic N) is 1. The number of carbonyl (C=O) groups is 1. The lowest BCUT2D eigenvalue weighted by molar-refractivity contribution is 0.102. The third-order valence-electron chi connectivity index (χ3n) is 5.02. The van der Waals surface area contributed by atoms with Gasteiger partial charge in [-0.25, -0.2) is 4.98 Å². The number of aromatic nitrogens is 1. The second kappa shape index (κ2) is 7.32. The van der Waals surface area contributed by atoms with Crippen LogP contribution in [-0.2, 0) is 0 Å². The normalized spacial score (nSPS) is 11.1. The fourth-order valence-electron chi connectivity index (χ4n) is 3.55. The van der Waals surface area contributed by atoms with Crippen LogP contribution in [0.3, 0.4) is 0 Å². The predicted molar refractivity (Wildman–Crippen MR) is 121 cm³/mol. The number of aryl methyl sites for hydroxylation is 1. The van der Waals surface area contributed by atoms with Gasteiger partial charge in [0, 0.05) is 27.2 Å². The van der Waals surface area contributed by atoms with E-state index in [0.29, 0.717) is 22.2 Å². The van der Waals surface area contributed by atoms with Crippen molar-refractivity contribution < 1.29 is 9.21 Å². The summed E-state index contributed by atoms with van der Waals surface area (Å²) in [7, 11) is 0. The Morgan fingerprint density at radius 2 is 1.73 bits per heavy atom. The molecule has 0 aliphatic carbocycles. The molecule has 146 valence electrons. The molecule has 0 fully saturated rings. The molecule has 1 heterocycles. The van der Waals surface area contributed by atoms with Crippen LogP contribution in [0.2, 0.25) is 5.02 Å². The van der Waals surface area contributed by atoms with Gasteiger partial charge in [-0.15, -0.1) is 0 Å². The molecule has 5 rings (SSSR count). The minimum absolute atomic E-state index is 0.201. The van der Waals surface area contributed by atoms with Crippen LogP contribution in [0.4, 0.5) is 5.69 Å². The lowest BCUT2D eigenvalue weighted by Crippen LogP contribution is -2.12. The van der Waals surface area contributed by atoms with Crippen molar-refractivity contribution >= 4 is 45.1 Å². The molecular formula is C25H17ClN2O2. The Hall–Kier alpha value is -3.63. The summed E-state index contributed by atoms with van der Waals surface area (Å²) in [6.07, 6.45) is 0. The first-order chi connectivity index (χ1) is 14.6. The molecule has 0 unspecified atom stereocenters. The number of rotatable bonds is 3. The summed E-state index contributed by atoms with van der Waals surface area (Å²) >= 11 is 6.28. The molecule has 0 aliphatic heterocycles. The average molecular weight is 413 g/mol. The molecule has 1 aromatic heterocycles. The summed E-state index contributed by atoms with van der Waals surface area (Å²) in [6.45, 7) is 2.01. The van der Waals surface area contributed by atoms with E-state index in [4.69, 9.17) is 16.0 Å². The van der Waals surface area contributed by atoms with Crippen molar-refractivity contribution in [3.05, 3.63) is 95.0 Å². The van der Waals surface area contributed by atoms with Crippen LogP contribution in [-0.4, -0.2) is 10.9 Å². The van der Waals surface area contributed by atoms with Crippen molar-refractivity contribution in [2.45, 2.75) is 6.92 Å². The highest BCUT2D eigenvalue weighted by Crippen LogP contribution is 2.29. The van der Waals surface area contributed by atoms with Gasteiger partial charge in [0.1, 0.15) is 5.52 Å². The zero-order chi connectivity index (χ0) is 20.7. The lowest BCUT2D eigenvalue weighted by atomic mass is 10.0. The molecule has 1 N–H and O–H groups in total. The Kier molecular flexibility index (Phi) is 4.49. The van der Waals surface area contributed by atoms with Crippen LogP contribution in [0.15, 0.2) is 83.3 Å². The molecule has 4 nitrogen and oxygen atoms in total. The van der Waals surface area contributed by atoms with Gasteiger partial charge in [0.15, 0.2) is 5.58 Å². The first-order valence-electron chi connectivity index (χ1n) is 9.55. The number of halogens is 1. The molecular weight excluding hydrogens is 396 g/mol. The van der Waals surface area contributed by atoms with Crippen LogP contribution < -0.4 is 5.32 Å². The minimum Gasteiger partial charge on any atom is -0.436 e. The molecule has 4 aromatic carbocycles. The monoisotopic (exact) mass is 412 g/mol. The van der Waals surface area contributed by atoms with E-state index in [9.17, 15) is 4.79 Å². The highest BCUT2D eigenvalue weighted by Gasteiger charge is 2.13. The summed E-state index contributed by atoms with van der Waals surface area (Å²) in [5.41, 5.74) is 4.68. The van der Waals surface area contributed by atoms with Gasteiger partial charge in [-0.3, -0.25) is 4.79 Å². The summed E-state index contributed by atoms with van der Waals surface area (Å²) in [5.74, 6) is 0.317. The van der Waals surface area contributed by atoms with Gasteiger partial charge in [-0.1, -0.05) is 48.0 Å². The summed E-state index contributed by atoms with van der Waals surface area (Å²) in [5, 5.41) is 5.25. The average Bonchev–Trinajstić information content (AvgIpc) is 3.17. The van der Waals surface area contributed by atoms with E-state index in [1.54, 1.807) is 6.07 Å². The van der Waals surface area contributed by atoms with Gasteiger partial charge in [0.05, 0.1) is 0 Å². The van der Waals surface area contributed by atoms with Crippen LogP contribution in [0.1, 0.15) is 15.9 Å². The molecule has 0 saturated heterocycles. The Morgan fingerprint density at radius 1 is 0.933 bits per heavy atom. The Morgan fingerprint density at radius 3 is 2.63 bits per heavy atom. The topological polar surface area (TPSA) is 55.1 Å². The zero-order valence-corrected chi connectivity index (χ0v) is 16.9. The zero-order valence-electron chi connectivity index (χ0n) is 16.1. The van der Waals surface area contributed by atoms with E-state index in [-0.39, 0.29) is 5.91 Å². The van der Waals surface area contributed by atoms with Crippen LogP contribution in [0.25, 0.3) is 33.3 Å². The highest BCUT2D eigenvalue weighted by atomic mass is 35.5. The molecule has 5 heteroatoms. The number of oxazole rings is 1. The van der Waals surface area contributed by atoms with Gasteiger partial charge >= 0.3 is 0 Å². The maximum Gasteiger partial charge on any atom is 0.256 e. The number of hydrogen-bond donors (Lipinski definition) is 1. The second-order valence-corrected chi connectivity index (χ2v) is 7.57. The third kappa shape index (κ3) is 3.31. The molecule has 0 saturated carbocycles. The van der Waals surface area contributed by atoms with Gasteiger partial charge < -0.3 is 9.73 Å². The van der Waals surface area contributed by atoms with Crippen molar-refractivity contribution in [3.63, 3.8) is 0 Å². The Labute approximate surface area is 178 Å². The van der Waals surface area contributed by atoms with E-state index in [1.807, 2.05) is 79.7 Å². The van der Waals surface area contributed by atoms with Gasteiger partial charge in [-0.2, -0.15) is 0 Å². The standard InChI is InChI=1S/C25H17ClN2O2/c1-15-11-12-22-23(13-15)30-25(28-22)16-5-2-6-17(14-16)27-24(29)20-9-3-8-19-18(20)7-4-10-21(19)26/h2-14H,1H3,(H,27,29). The van der Waals surface area contributed by atoms with Gasteiger partial charge in [0.2, 0.25) is 5.89 Å². The molecule has 0 atom stereocenters. The quantitative estimate of drug-likeness (QED) is 0.352. The van der Waals surface area contributed by atoms with Crippen molar-refractivity contribution in [3.8, 4) is 11.5 Å². The number of fused-ring (bicyclic) bond motifs is 2. The molecule has 0 bridgehead atoms. The number of nitrogens with one attached hydrogen (secondary N) is 1. The highest BCUT2D eigenvalue weighted by molar-refractivity contribution is 6.36. The first-order valence-corrected chi connectivity index (χ1v) is 9.92. The number of carbonyl (C=O) groups excluding carboxylic acids is 1. The largest absolute Gasteiger partial charge is 0.436 e. The first kappa shape index (κ1) is 18.4. The SMILES string of the molecule is Cc1ccc2nc(-c3cccc(NC(=O)c4cccc5c(Cl)cccc45)c3)oc2c1. The van der Waals surface area contributed by atoms with E-state index in [1.165, 1.54) is 0 Å². The van der Waals surface area contributed by atoms with Crippen LogP contribution in [0.5, 0.6) is 0 Å². The molecule has 0 spiro atoms. The predicted octanol–water partition coefficient (Wildman–Crippen LogP) is 6.86. The van der Waals surface area contributed by atoms with Crippen molar-refractivity contribution in [2.24, 2.45) is 0 Å². The van der Waals surface area contributed by atoms with Crippen molar-refractivity contribution in [2.75, 3.05) is 5.32 Å². The maximum atomic E-state index is 13.0. The van der Waals surface area contributed by atoms with E-state index < -0.39 is 0 Å². The van der Waals surface area contributed by atoms with Crippen molar-refractivity contribution in [1.82, 2.24) is 4.98 Å². The minimum atomic E-state index is -0.201. The number of hydrogen-bond acceptors (Lipinski definition) is 3. The lowest BCUT2D eigenvalue weighted by Gasteiger charge is -2.09. The molecule has 0 radical (unpaired) electrons. The molecule has 1 amide bonds. The van der Waals surface area contributed by atoms with Crippen molar-refractivity contribution in [1.29, 1.82) is 0 Å². The molecule has 30 heavy (non-hydrogen) atoms. The maximum absolute atomic E-state index is 13.0. The summed E-state index contributed by atoms with van der Waals surface area (Å²) < 4.78 is 5.91. The Balaban J connectivity index is 1.47. The van der Waals surface area contributed by atoms with Gasteiger partial charge in [-0.05, 0) is 60.3 Å². The van der Waals surface area contributed by atoms with E-state index >= 15 is 0 Å². The summed E-state index contributed by atoms with van der Waals surface area (Å²) in [6, 6.07) is 24.5.